The molecule has 0 radical (unpaired) electrons. The van der Waals surface area contributed by atoms with Gasteiger partial charge in [-0.25, -0.2) is 4.79 Å². The van der Waals surface area contributed by atoms with Crippen molar-refractivity contribution in [2.75, 3.05) is 19.8 Å². The number of morpholine rings is 1. The van der Waals surface area contributed by atoms with Gasteiger partial charge in [-0.3, -0.25) is 9.69 Å². The first kappa shape index (κ1) is 11.6. The molecule has 1 N–H and O–H groups in total. The highest BCUT2D eigenvalue weighted by Gasteiger charge is 2.29. The predicted octanol–water partition coefficient (Wildman–Crippen LogP) is 1.55. The van der Waals surface area contributed by atoms with Crippen molar-refractivity contribution < 1.29 is 19.4 Å². The molecule has 0 aliphatic carbocycles. The van der Waals surface area contributed by atoms with Crippen LogP contribution in [0.5, 0.6) is 0 Å². The fourth-order valence-electron chi connectivity index (χ4n) is 2.01. The minimum atomic E-state index is -0.987. The summed E-state index contributed by atoms with van der Waals surface area (Å²) in [5, 5.41) is 9.12. The van der Waals surface area contributed by atoms with Gasteiger partial charge < -0.3 is 9.84 Å². The second-order valence-electron chi connectivity index (χ2n) is 3.81. The van der Waals surface area contributed by atoms with E-state index < -0.39 is 12.1 Å². The van der Waals surface area contributed by atoms with E-state index in [1.165, 1.54) is 4.90 Å². The predicted molar refractivity (Wildman–Crippen MR) is 60.1 cm³/mol. The van der Waals surface area contributed by atoms with E-state index in [4.69, 9.17) is 9.84 Å². The lowest BCUT2D eigenvalue weighted by molar-refractivity contribution is -0.00106. The average Bonchev–Trinajstić information content (AvgIpc) is 2.38. The maximum absolute atomic E-state index is 11.1. The van der Waals surface area contributed by atoms with Gasteiger partial charge >= 0.3 is 6.09 Å². The number of nitrogens with zero attached hydrogens (tertiary/aromatic N) is 1. The lowest BCUT2D eigenvalue weighted by Crippen LogP contribution is -2.42. The largest absolute Gasteiger partial charge is 0.465 e. The summed E-state index contributed by atoms with van der Waals surface area (Å²) in [5.41, 5.74) is 1.21. The molecule has 5 heteroatoms. The number of hydrogen-bond donors (Lipinski definition) is 1. The van der Waals surface area contributed by atoms with E-state index in [-0.39, 0.29) is 6.61 Å². The third-order valence-corrected chi connectivity index (χ3v) is 2.86. The standard InChI is InChI=1S/C12H13NO4/c14-7-9-3-1-2-4-10(9)11-8-17-6-5-13(11)12(15)16/h1-4,7,11H,5-6,8H2,(H,15,16). The van der Waals surface area contributed by atoms with E-state index in [0.717, 1.165) is 6.29 Å². The molecular weight excluding hydrogens is 222 g/mol. The molecule has 2 rings (SSSR count). The number of carboxylic acid groups (broad SMARTS) is 1. The van der Waals surface area contributed by atoms with Crippen LogP contribution in [0.25, 0.3) is 0 Å². The molecule has 0 spiro atoms. The van der Waals surface area contributed by atoms with Gasteiger partial charge in [-0.15, -0.1) is 0 Å². The number of aldehydes is 1. The molecule has 1 unspecified atom stereocenters. The lowest BCUT2D eigenvalue weighted by Gasteiger charge is -2.34. The highest BCUT2D eigenvalue weighted by atomic mass is 16.5. The quantitative estimate of drug-likeness (QED) is 0.790. The fourth-order valence-corrected chi connectivity index (χ4v) is 2.01. The number of amides is 1. The summed E-state index contributed by atoms with van der Waals surface area (Å²) < 4.78 is 5.30. The van der Waals surface area contributed by atoms with Gasteiger partial charge in [0, 0.05) is 12.1 Å². The molecule has 1 aromatic carbocycles. The summed E-state index contributed by atoms with van der Waals surface area (Å²) in [6.45, 7) is 1.01. The van der Waals surface area contributed by atoms with Crippen LogP contribution in [0.1, 0.15) is 22.0 Å². The zero-order valence-corrected chi connectivity index (χ0v) is 9.20. The molecule has 0 saturated carbocycles. The van der Waals surface area contributed by atoms with Crippen molar-refractivity contribution in [1.29, 1.82) is 0 Å². The van der Waals surface area contributed by atoms with E-state index in [2.05, 4.69) is 0 Å². The first-order valence-electron chi connectivity index (χ1n) is 5.35. The van der Waals surface area contributed by atoms with Gasteiger partial charge in [-0.05, 0) is 5.56 Å². The Morgan fingerprint density at radius 1 is 1.47 bits per heavy atom. The molecule has 5 nitrogen and oxygen atoms in total. The number of ether oxygens (including phenoxy) is 1. The van der Waals surface area contributed by atoms with Crippen molar-refractivity contribution in [1.82, 2.24) is 4.90 Å². The molecule has 17 heavy (non-hydrogen) atoms. The third-order valence-electron chi connectivity index (χ3n) is 2.86. The minimum Gasteiger partial charge on any atom is -0.465 e. The molecule has 0 aromatic heterocycles. The summed E-state index contributed by atoms with van der Waals surface area (Å²) >= 11 is 0. The zero-order valence-electron chi connectivity index (χ0n) is 9.20. The molecule has 1 aromatic rings. The molecule has 1 atom stereocenters. The van der Waals surface area contributed by atoms with Crippen LogP contribution in [0.3, 0.4) is 0 Å². The summed E-state index contributed by atoms with van der Waals surface area (Å²) in [4.78, 5) is 23.4. The zero-order chi connectivity index (χ0) is 12.3. The highest BCUT2D eigenvalue weighted by molar-refractivity contribution is 5.78. The number of rotatable bonds is 2. The lowest BCUT2D eigenvalue weighted by atomic mass is 10.00. The van der Waals surface area contributed by atoms with Crippen molar-refractivity contribution >= 4 is 12.4 Å². The smallest absolute Gasteiger partial charge is 0.407 e. The van der Waals surface area contributed by atoms with Crippen LogP contribution in [0.4, 0.5) is 4.79 Å². The Labute approximate surface area is 98.6 Å². The molecular formula is C12H13NO4. The van der Waals surface area contributed by atoms with Gasteiger partial charge in [0.25, 0.3) is 0 Å². The van der Waals surface area contributed by atoms with Crippen LogP contribution in [-0.4, -0.2) is 42.1 Å². The summed E-state index contributed by atoms with van der Waals surface area (Å²) in [7, 11) is 0. The van der Waals surface area contributed by atoms with Crippen molar-refractivity contribution in [3.8, 4) is 0 Å². The number of hydrogen-bond acceptors (Lipinski definition) is 3. The van der Waals surface area contributed by atoms with E-state index in [0.29, 0.717) is 24.3 Å². The van der Waals surface area contributed by atoms with Crippen molar-refractivity contribution in [2.24, 2.45) is 0 Å². The van der Waals surface area contributed by atoms with Crippen LogP contribution in [0, 0.1) is 0 Å². The number of benzene rings is 1. The maximum atomic E-state index is 11.1. The molecule has 0 bridgehead atoms. The Bertz CT molecular complexity index is 432. The van der Waals surface area contributed by atoms with Crippen LogP contribution >= 0.6 is 0 Å². The molecule has 1 fully saturated rings. The number of carbonyl (C=O) groups is 2. The summed E-state index contributed by atoms with van der Waals surface area (Å²) in [6, 6.07) is 6.58. The molecule has 1 heterocycles. The van der Waals surface area contributed by atoms with Gasteiger partial charge in [0.1, 0.15) is 6.29 Å². The topological polar surface area (TPSA) is 66.8 Å². The summed E-state index contributed by atoms with van der Waals surface area (Å²) in [6.07, 6.45) is -0.247. The second-order valence-corrected chi connectivity index (χ2v) is 3.81. The Kier molecular flexibility index (Phi) is 3.39. The fraction of sp³-hybridized carbons (Fsp3) is 0.333. The van der Waals surface area contributed by atoms with Gasteiger partial charge in [0.15, 0.2) is 0 Å². The van der Waals surface area contributed by atoms with Crippen LogP contribution in [0.15, 0.2) is 24.3 Å². The van der Waals surface area contributed by atoms with Crippen molar-refractivity contribution in [2.45, 2.75) is 6.04 Å². The normalized spacial score (nSPS) is 20.0. The van der Waals surface area contributed by atoms with Gasteiger partial charge in [-0.2, -0.15) is 0 Å². The Morgan fingerprint density at radius 2 is 2.24 bits per heavy atom. The number of carbonyl (C=O) groups excluding carboxylic acids is 1. The highest BCUT2D eigenvalue weighted by Crippen LogP contribution is 2.26. The first-order chi connectivity index (χ1) is 8.24. The monoisotopic (exact) mass is 235 g/mol. The Morgan fingerprint density at radius 3 is 2.94 bits per heavy atom. The first-order valence-corrected chi connectivity index (χ1v) is 5.35. The minimum absolute atomic E-state index is 0.289. The molecule has 1 saturated heterocycles. The summed E-state index contributed by atoms with van der Waals surface area (Å²) in [5.74, 6) is 0. The van der Waals surface area contributed by atoms with Crippen LogP contribution < -0.4 is 0 Å². The van der Waals surface area contributed by atoms with E-state index in [9.17, 15) is 9.59 Å². The van der Waals surface area contributed by atoms with Crippen LogP contribution in [-0.2, 0) is 4.74 Å². The van der Waals surface area contributed by atoms with E-state index in [1.807, 2.05) is 0 Å². The Balaban J connectivity index is 2.35. The van der Waals surface area contributed by atoms with Gasteiger partial charge in [0.05, 0.1) is 19.3 Å². The molecule has 90 valence electrons. The SMILES string of the molecule is O=Cc1ccccc1C1COCCN1C(=O)O. The average molecular weight is 235 g/mol. The molecule has 1 amide bonds. The van der Waals surface area contributed by atoms with Gasteiger partial charge in [-0.1, -0.05) is 24.3 Å². The Hall–Kier alpha value is -1.88. The molecule has 1 aliphatic rings. The van der Waals surface area contributed by atoms with Crippen LogP contribution in [0.2, 0.25) is 0 Å². The maximum Gasteiger partial charge on any atom is 0.407 e. The third kappa shape index (κ3) is 2.29. The van der Waals surface area contributed by atoms with Crippen molar-refractivity contribution in [3.05, 3.63) is 35.4 Å². The van der Waals surface area contributed by atoms with E-state index in [1.54, 1.807) is 24.3 Å². The van der Waals surface area contributed by atoms with E-state index >= 15 is 0 Å². The second kappa shape index (κ2) is 4.97. The molecule has 1 aliphatic heterocycles. The van der Waals surface area contributed by atoms with Crippen molar-refractivity contribution in [3.63, 3.8) is 0 Å². The van der Waals surface area contributed by atoms with Gasteiger partial charge in [0.2, 0.25) is 0 Å².